The highest BCUT2D eigenvalue weighted by Gasteiger charge is 2.23. The van der Waals surface area contributed by atoms with E-state index in [0.29, 0.717) is 19.4 Å². The summed E-state index contributed by atoms with van der Waals surface area (Å²) in [6.07, 6.45) is 10.7. The van der Waals surface area contributed by atoms with Crippen LogP contribution in [-0.4, -0.2) is 54.6 Å². The average Bonchev–Trinajstić information content (AvgIpc) is 3.74. The number of pyridine rings is 1. The van der Waals surface area contributed by atoms with Crippen LogP contribution in [0.15, 0.2) is 53.6 Å². The third-order valence-electron chi connectivity index (χ3n) is 6.96. The Morgan fingerprint density at radius 3 is 2.25 bits per heavy atom. The van der Waals surface area contributed by atoms with Gasteiger partial charge in [-0.2, -0.15) is 0 Å². The molecule has 1 amide bonds. The largest absolute Gasteiger partial charge is 0.354 e. The molecule has 1 fully saturated rings. The number of hydrogen-bond acceptors (Lipinski definition) is 7. The van der Waals surface area contributed by atoms with Gasteiger partial charge in [-0.15, -0.1) is 5.10 Å². The van der Waals surface area contributed by atoms with Gasteiger partial charge in [-0.1, -0.05) is 70.5 Å². The number of rotatable bonds is 14. The van der Waals surface area contributed by atoms with Gasteiger partial charge in [-0.05, 0) is 56.2 Å². The van der Waals surface area contributed by atoms with Crippen molar-refractivity contribution in [1.29, 1.82) is 0 Å². The molecule has 2 atom stereocenters. The minimum atomic E-state index is -0.934. The number of hydroxylamine groups is 1. The summed E-state index contributed by atoms with van der Waals surface area (Å²) in [5, 5.41) is 8.51. The summed E-state index contributed by atoms with van der Waals surface area (Å²) in [7, 11) is 0.601. The highest BCUT2D eigenvalue weighted by Crippen LogP contribution is 2.30. The highest BCUT2D eigenvalue weighted by atomic mass is 32.2. The van der Waals surface area contributed by atoms with Crippen LogP contribution in [0.1, 0.15) is 80.6 Å². The minimum Gasteiger partial charge on any atom is -0.354 e. The van der Waals surface area contributed by atoms with Gasteiger partial charge in [-0.3, -0.25) is 18.5 Å². The number of aryl methyl sites for hydroxylation is 1. The van der Waals surface area contributed by atoms with Gasteiger partial charge in [0.05, 0.1) is 6.20 Å². The lowest BCUT2D eigenvalue weighted by atomic mass is 10.0. The number of ether oxygens (including phenoxy) is 1. The Labute approximate surface area is 266 Å². The molecule has 44 heavy (non-hydrogen) atoms. The van der Waals surface area contributed by atoms with E-state index in [1.165, 1.54) is 20.0 Å². The van der Waals surface area contributed by atoms with E-state index in [1.54, 1.807) is 16.9 Å². The number of amides is 1. The molecule has 3 aromatic rings. The first kappa shape index (κ1) is 38.9. The molecule has 0 bridgehead atoms. The normalized spacial score (nSPS) is 13.6. The van der Waals surface area contributed by atoms with Crippen molar-refractivity contribution in [2.75, 3.05) is 13.4 Å². The molecule has 11 heteroatoms. The van der Waals surface area contributed by atoms with Gasteiger partial charge in [0.25, 0.3) is 5.56 Å². The molecule has 0 saturated heterocycles. The second-order valence-electron chi connectivity index (χ2n) is 10.6. The fraction of sp³-hybridized carbons (Fsp3) is 0.576. The second-order valence-corrected chi connectivity index (χ2v) is 12.6. The zero-order valence-electron chi connectivity index (χ0n) is 28.0. The number of methoxy groups -OCH3 is 1. The Morgan fingerprint density at radius 2 is 1.73 bits per heavy atom. The van der Waals surface area contributed by atoms with Crippen LogP contribution >= 0.6 is 0 Å². The van der Waals surface area contributed by atoms with Gasteiger partial charge in [0, 0.05) is 66.2 Å². The summed E-state index contributed by atoms with van der Waals surface area (Å²) < 4.78 is 20.0. The van der Waals surface area contributed by atoms with Crippen molar-refractivity contribution < 1.29 is 18.6 Å². The van der Waals surface area contributed by atoms with Crippen molar-refractivity contribution >= 4 is 17.2 Å². The molecule has 1 saturated carbocycles. The van der Waals surface area contributed by atoms with Crippen LogP contribution in [0.25, 0.3) is 22.4 Å². The van der Waals surface area contributed by atoms with Crippen LogP contribution < -0.4 is 11.0 Å². The third-order valence-corrected chi connectivity index (χ3v) is 8.72. The first-order valence-electron chi connectivity index (χ1n) is 15.6. The van der Waals surface area contributed by atoms with Crippen molar-refractivity contribution in [2.24, 2.45) is 5.92 Å². The third kappa shape index (κ3) is 13.2. The van der Waals surface area contributed by atoms with Crippen LogP contribution in [-0.2, 0) is 38.3 Å². The van der Waals surface area contributed by atoms with E-state index in [0.717, 1.165) is 47.7 Å². The molecule has 4 rings (SSSR count). The van der Waals surface area contributed by atoms with Gasteiger partial charge in [-0.25, -0.2) is 10.3 Å². The SMILES string of the molecule is CC.CC.CCCC(OC)ONC=O.CS(=O)C(C)(C)CCn1ccc(-c2ccc(-c3cn(CC4CC4)nn3)cc2)cc1=O. The van der Waals surface area contributed by atoms with Gasteiger partial charge in [0.1, 0.15) is 5.69 Å². The van der Waals surface area contributed by atoms with Gasteiger partial charge in [0.15, 0.2) is 6.29 Å². The van der Waals surface area contributed by atoms with Crippen LogP contribution in [0.3, 0.4) is 0 Å². The average molecular weight is 632 g/mol. The molecule has 1 aliphatic rings. The molecule has 2 heterocycles. The quantitative estimate of drug-likeness (QED) is 0.128. The van der Waals surface area contributed by atoms with Gasteiger partial charge >= 0.3 is 0 Å². The van der Waals surface area contributed by atoms with E-state index in [4.69, 9.17) is 9.57 Å². The zero-order chi connectivity index (χ0) is 33.1. The van der Waals surface area contributed by atoms with Crippen molar-refractivity contribution in [3.05, 3.63) is 59.1 Å². The maximum atomic E-state index is 12.6. The Kier molecular flexibility index (Phi) is 18.3. The monoisotopic (exact) mass is 631 g/mol. The van der Waals surface area contributed by atoms with Crippen LogP contribution in [0.4, 0.5) is 0 Å². The standard InChI is InChI=1S/C23H28N4O2S.C6H13NO3.2C2H6/c1-23(2,30(3)29)11-13-26-12-10-20(14-22(26)28)18-6-8-19(9-7-18)21-16-27(25-24-21)15-17-4-5-17;1-3-4-6(9-2)10-7-5-8;2*1-2/h6-10,12,14,16-17H,4-5,11,13,15H2,1-3H3;5-6H,3-4H2,1-2H3,(H,7,8);2*1-2H3. The lowest BCUT2D eigenvalue weighted by molar-refractivity contribution is -0.172. The first-order chi connectivity index (χ1) is 21.2. The summed E-state index contributed by atoms with van der Waals surface area (Å²) in [5.41, 5.74) is 5.80. The number of nitrogens with zero attached hydrogens (tertiary/aromatic N) is 4. The molecular formula is C33H53N5O5S. The number of benzene rings is 1. The van der Waals surface area contributed by atoms with Crippen molar-refractivity contribution in [1.82, 2.24) is 25.0 Å². The summed E-state index contributed by atoms with van der Waals surface area (Å²) in [5.74, 6) is 0.763. The van der Waals surface area contributed by atoms with E-state index in [1.807, 2.05) is 95.9 Å². The van der Waals surface area contributed by atoms with E-state index >= 15 is 0 Å². The predicted octanol–water partition coefficient (Wildman–Crippen LogP) is 6.22. The molecule has 2 unspecified atom stereocenters. The number of carbonyl (C=O) groups is 1. The summed E-state index contributed by atoms with van der Waals surface area (Å²) in [6.45, 7) is 15.5. The van der Waals surface area contributed by atoms with Gasteiger partial charge in [0.2, 0.25) is 6.41 Å². The number of hydrogen-bond donors (Lipinski definition) is 1. The minimum absolute atomic E-state index is 0.0442. The lowest BCUT2D eigenvalue weighted by Gasteiger charge is -2.22. The van der Waals surface area contributed by atoms with E-state index in [9.17, 15) is 13.8 Å². The molecule has 0 aliphatic heterocycles. The zero-order valence-corrected chi connectivity index (χ0v) is 28.9. The van der Waals surface area contributed by atoms with Crippen LogP contribution in [0.2, 0.25) is 0 Å². The first-order valence-corrected chi connectivity index (χ1v) is 17.1. The Morgan fingerprint density at radius 1 is 1.09 bits per heavy atom. The predicted molar refractivity (Wildman–Crippen MR) is 179 cm³/mol. The molecule has 2 aromatic heterocycles. The Bertz CT molecular complexity index is 1300. The summed E-state index contributed by atoms with van der Waals surface area (Å²) in [4.78, 5) is 27.0. The maximum absolute atomic E-state index is 12.6. The topological polar surface area (TPSA) is 117 Å². The summed E-state index contributed by atoms with van der Waals surface area (Å²) >= 11 is 0. The number of nitrogens with one attached hydrogen (secondary N) is 1. The van der Waals surface area contributed by atoms with Crippen molar-refractivity contribution in [3.8, 4) is 22.4 Å². The van der Waals surface area contributed by atoms with Crippen LogP contribution in [0, 0.1) is 5.92 Å². The van der Waals surface area contributed by atoms with Crippen molar-refractivity contribution in [2.45, 2.75) is 105 Å². The molecule has 246 valence electrons. The van der Waals surface area contributed by atoms with Crippen molar-refractivity contribution in [3.63, 3.8) is 0 Å². The maximum Gasteiger partial charge on any atom is 0.251 e. The molecular weight excluding hydrogens is 578 g/mol. The molecule has 10 nitrogen and oxygen atoms in total. The van der Waals surface area contributed by atoms with Gasteiger partial charge < -0.3 is 9.30 Å². The Hall–Kier alpha value is -3.15. The highest BCUT2D eigenvalue weighted by molar-refractivity contribution is 7.85. The smallest absolute Gasteiger partial charge is 0.251 e. The summed E-state index contributed by atoms with van der Waals surface area (Å²) in [6, 6.07) is 11.7. The lowest BCUT2D eigenvalue weighted by Crippen LogP contribution is -2.30. The number of carbonyl (C=O) groups excluding carboxylic acids is 1. The number of aromatic nitrogens is 4. The molecule has 1 N–H and O–H groups in total. The fourth-order valence-corrected chi connectivity index (χ4v) is 4.27. The molecule has 1 aliphatic carbocycles. The van der Waals surface area contributed by atoms with Crippen LogP contribution in [0.5, 0.6) is 0 Å². The van der Waals surface area contributed by atoms with E-state index in [2.05, 4.69) is 15.8 Å². The molecule has 1 aromatic carbocycles. The molecule has 0 radical (unpaired) electrons. The molecule has 0 spiro atoms. The fourth-order valence-electron chi connectivity index (χ4n) is 3.89. The Balaban J connectivity index is 0.000000587. The van der Waals surface area contributed by atoms with E-state index in [-0.39, 0.29) is 16.6 Å². The second kappa shape index (κ2) is 20.7. The van der Waals surface area contributed by atoms with E-state index < -0.39 is 10.8 Å².